The van der Waals surface area contributed by atoms with Gasteiger partial charge in [-0.2, -0.15) is 8.42 Å². The molecular weight excluding hydrogens is 302 g/mol. The van der Waals surface area contributed by atoms with Gasteiger partial charge in [-0.3, -0.25) is 9.35 Å². The van der Waals surface area contributed by atoms with Gasteiger partial charge in [-0.15, -0.1) is 0 Å². The van der Waals surface area contributed by atoms with Gasteiger partial charge in [0.05, 0.1) is 0 Å². The standard InChI is InChI=1S/C13H9NO.ClHO3S/c15-13-7-3-6-12-10(13)8-9-4-1-2-5-11(9)14-12;1-5(2,3)4/h1-8,14H;(H,2,3,4). The Bertz CT molecular complexity index is 865. The van der Waals surface area contributed by atoms with Crippen LogP contribution in [0.25, 0.3) is 22.2 Å². The smallest absolute Gasteiger partial charge is 0.353 e. The Balaban J connectivity index is 0.000000257. The molecule has 1 heterocycles. The van der Waals surface area contributed by atoms with Gasteiger partial charge in [0.15, 0.2) is 5.43 Å². The van der Waals surface area contributed by atoms with Crippen LogP contribution in [0, 0.1) is 0 Å². The Morgan fingerprint density at radius 1 is 1.05 bits per heavy atom. The Morgan fingerprint density at radius 3 is 2.40 bits per heavy atom. The fraction of sp³-hybridized carbons (Fsp3) is 0. The number of hydrogen-bond donors (Lipinski definition) is 2. The number of rotatable bonds is 0. The van der Waals surface area contributed by atoms with Gasteiger partial charge in [-0.05, 0) is 29.7 Å². The molecule has 0 bridgehead atoms. The molecule has 1 aliphatic heterocycles. The molecular formula is C13H10ClNO4S. The Hall–Kier alpha value is -1.89. The Morgan fingerprint density at radius 2 is 1.70 bits per heavy atom. The van der Waals surface area contributed by atoms with Crippen molar-refractivity contribution >= 4 is 30.9 Å². The second-order valence-corrected chi connectivity index (χ2v) is 5.98. The zero-order valence-corrected chi connectivity index (χ0v) is 11.6. The Kier molecular flexibility index (Phi) is 4.08. The van der Waals surface area contributed by atoms with Crippen molar-refractivity contribution in [1.82, 2.24) is 4.98 Å². The van der Waals surface area contributed by atoms with Crippen LogP contribution in [0.2, 0.25) is 0 Å². The molecule has 104 valence electrons. The van der Waals surface area contributed by atoms with Crippen molar-refractivity contribution < 1.29 is 13.0 Å². The third kappa shape index (κ3) is 3.80. The number of benzene rings is 2. The van der Waals surface area contributed by atoms with Crippen molar-refractivity contribution in [3.63, 3.8) is 0 Å². The van der Waals surface area contributed by atoms with Gasteiger partial charge >= 0.3 is 9.33 Å². The number of H-pyrrole nitrogens is 1. The highest BCUT2D eigenvalue weighted by Gasteiger charge is 2.05. The minimum atomic E-state index is -4.19. The molecule has 1 aromatic carbocycles. The van der Waals surface area contributed by atoms with Gasteiger partial charge < -0.3 is 4.98 Å². The number of fused-ring (bicyclic) bond motifs is 2. The van der Waals surface area contributed by atoms with E-state index in [0.29, 0.717) is 0 Å². The van der Waals surface area contributed by atoms with Gasteiger partial charge in [0.25, 0.3) is 0 Å². The topological polar surface area (TPSA) is 87.2 Å². The number of pyridine rings is 1. The molecule has 0 atom stereocenters. The molecule has 0 unspecified atom stereocenters. The lowest BCUT2D eigenvalue weighted by Crippen LogP contribution is -2.04. The van der Waals surface area contributed by atoms with E-state index in [-0.39, 0.29) is 5.43 Å². The maximum Gasteiger partial charge on any atom is 0.353 e. The van der Waals surface area contributed by atoms with Crippen LogP contribution in [0.15, 0.2) is 53.3 Å². The largest absolute Gasteiger partial charge is 0.354 e. The summed E-state index contributed by atoms with van der Waals surface area (Å²) in [6.45, 7) is 0. The van der Waals surface area contributed by atoms with Crippen molar-refractivity contribution in [3.05, 3.63) is 58.8 Å². The lowest BCUT2D eigenvalue weighted by Gasteiger charge is -2.06. The van der Waals surface area contributed by atoms with Gasteiger partial charge in [0, 0.05) is 27.5 Å². The number of halogens is 1. The molecule has 0 fully saturated rings. The quantitative estimate of drug-likeness (QED) is 0.379. The first-order chi connectivity index (χ1) is 9.34. The monoisotopic (exact) mass is 311 g/mol. The van der Waals surface area contributed by atoms with E-state index < -0.39 is 9.33 Å². The number of para-hydroxylation sites is 1. The van der Waals surface area contributed by atoms with Crippen molar-refractivity contribution in [3.8, 4) is 11.3 Å². The molecule has 0 saturated heterocycles. The highest BCUT2D eigenvalue weighted by molar-refractivity contribution is 8.09. The molecule has 7 heteroatoms. The molecule has 0 amide bonds. The predicted octanol–water partition coefficient (Wildman–Crippen LogP) is 2.66. The lowest BCUT2D eigenvalue weighted by molar-refractivity contribution is 0.501. The number of hydrogen-bond acceptors (Lipinski definition) is 3. The normalized spacial score (nSPS) is 11.1. The van der Waals surface area contributed by atoms with Crippen LogP contribution >= 0.6 is 10.7 Å². The first-order valence-electron chi connectivity index (χ1n) is 5.52. The average molecular weight is 312 g/mol. The first-order valence-corrected chi connectivity index (χ1v) is 7.79. The predicted molar refractivity (Wildman–Crippen MR) is 78.6 cm³/mol. The third-order valence-corrected chi connectivity index (χ3v) is 2.60. The summed E-state index contributed by atoms with van der Waals surface area (Å²) in [5, 5.41) is 1.06. The minimum absolute atomic E-state index is 0.0644. The van der Waals surface area contributed by atoms with E-state index in [4.69, 9.17) is 13.0 Å². The summed E-state index contributed by atoms with van der Waals surface area (Å²) in [7, 11) is -0.137. The van der Waals surface area contributed by atoms with Crippen LogP contribution in [0.1, 0.15) is 0 Å². The molecule has 1 aliphatic carbocycles. The summed E-state index contributed by atoms with van der Waals surface area (Å²) >= 11 is 0. The maximum absolute atomic E-state index is 11.6. The van der Waals surface area contributed by atoms with E-state index in [2.05, 4.69) is 15.7 Å². The van der Waals surface area contributed by atoms with Crippen LogP contribution in [-0.4, -0.2) is 18.0 Å². The zero-order chi connectivity index (χ0) is 14.8. The van der Waals surface area contributed by atoms with Crippen LogP contribution in [0.4, 0.5) is 0 Å². The fourth-order valence-electron chi connectivity index (χ4n) is 1.84. The van der Waals surface area contributed by atoms with Gasteiger partial charge in [0.1, 0.15) is 0 Å². The summed E-state index contributed by atoms with van der Waals surface area (Å²) in [4.78, 5) is 14.9. The zero-order valence-electron chi connectivity index (χ0n) is 10.1. The second kappa shape index (κ2) is 5.62. The van der Waals surface area contributed by atoms with Crippen LogP contribution in [-0.2, 0) is 9.33 Å². The summed E-state index contributed by atoms with van der Waals surface area (Å²) in [5.41, 5.74) is 2.75. The van der Waals surface area contributed by atoms with Crippen molar-refractivity contribution in [2.75, 3.05) is 0 Å². The molecule has 2 aliphatic rings. The van der Waals surface area contributed by atoms with Gasteiger partial charge in [-0.25, -0.2) is 0 Å². The van der Waals surface area contributed by atoms with Crippen LogP contribution in [0.5, 0.6) is 0 Å². The van der Waals surface area contributed by atoms with Crippen molar-refractivity contribution in [1.29, 1.82) is 0 Å². The number of aromatic amines is 1. The second-order valence-electron chi connectivity index (χ2n) is 3.99. The third-order valence-electron chi connectivity index (χ3n) is 2.60. The van der Waals surface area contributed by atoms with E-state index in [9.17, 15) is 4.79 Å². The van der Waals surface area contributed by atoms with Crippen molar-refractivity contribution in [2.24, 2.45) is 0 Å². The van der Waals surface area contributed by atoms with E-state index in [1.165, 1.54) is 0 Å². The molecule has 0 aromatic heterocycles. The maximum atomic E-state index is 11.6. The first kappa shape index (κ1) is 14.5. The van der Waals surface area contributed by atoms with E-state index >= 15 is 0 Å². The fourth-order valence-corrected chi connectivity index (χ4v) is 1.84. The molecule has 0 saturated carbocycles. The average Bonchev–Trinajstić information content (AvgIpc) is 2.35. The summed E-state index contributed by atoms with van der Waals surface area (Å²) < 4.78 is 25.2. The minimum Gasteiger partial charge on any atom is -0.354 e. The summed E-state index contributed by atoms with van der Waals surface area (Å²) in [5.74, 6) is 0. The van der Waals surface area contributed by atoms with Gasteiger partial charge in [0.2, 0.25) is 0 Å². The summed E-state index contributed by atoms with van der Waals surface area (Å²) in [6.07, 6.45) is 0. The molecule has 1 aromatic rings. The summed E-state index contributed by atoms with van der Waals surface area (Å²) in [6, 6.07) is 15.2. The highest BCUT2D eigenvalue weighted by Crippen LogP contribution is 2.21. The molecule has 20 heavy (non-hydrogen) atoms. The Labute approximate surface area is 119 Å². The molecule has 0 spiro atoms. The van der Waals surface area contributed by atoms with Crippen LogP contribution in [0.3, 0.4) is 0 Å². The van der Waals surface area contributed by atoms with Crippen LogP contribution < -0.4 is 5.43 Å². The SMILES string of the molecule is O=S(=O)(O)Cl.O=c1cccc2[nH]c3ccccc3cc1-2. The molecule has 0 radical (unpaired) electrons. The molecule has 3 rings (SSSR count). The van der Waals surface area contributed by atoms with E-state index in [0.717, 1.165) is 22.2 Å². The van der Waals surface area contributed by atoms with Gasteiger partial charge in [-0.1, -0.05) is 24.3 Å². The van der Waals surface area contributed by atoms with Crippen molar-refractivity contribution in [2.45, 2.75) is 0 Å². The number of nitrogens with one attached hydrogen (secondary N) is 1. The lowest BCUT2D eigenvalue weighted by atomic mass is 10.1. The number of aromatic nitrogens is 1. The van der Waals surface area contributed by atoms with E-state index in [1.54, 1.807) is 12.1 Å². The molecule has 2 N–H and O–H groups in total. The highest BCUT2D eigenvalue weighted by atomic mass is 35.7. The molecule has 5 nitrogen and oxygen atoms in total. The van der Waals surface area contributed by atoms with E-state index in [1.807, 2.05) is 36.4 Å².